The van der Waals surface area contributed by atoms with Crippen LogP contribution in [0.5, 0.6) is 0 Å². The molecule has 0 saturated carbocycles. The summed E-state index contributed by atoms with van der Waals surface area (Å²) in [5, 5.41) is 0. The molecule has 1 aromatic carbocycles. The number of hydrogen-bond donors (Lipinski definition) is 0. The molecule has 0 aliphatic heterocycles. The van der Waals surface area contributed by atoms with Gasteiger partial charge in [-0.05, 0) is 37.3 Å². The normalized spacial score (nSPS) is 13.2. The summed E-state index contributed by atoms with van der Waals surface area (Å²) >= 11 is 0. The Balaban J connectivity index is 2.89. The molecule has 1 aromatic rings. The summed E-state index contributed by atoms with van der Waals surface area (Å²) in [6, 6.07) is 8.46. The Kier molecular flexibility index (Phi) is 5.16. The highest BCUT2D eigenvalue weighted by atomic mass is 16.2. The lowest BCUT2D eigenvalue weighted by Gasteiger charge is -2.24. The highest BCUT2D eigenvalue weighted by molar-refractivity contribution is 5.83. The monoisotopic (exact) mass is 261 g/mol. The van der Waals surface area contributed by atoms with Crippen LogP contribution in [0.4, 0.5) is 0 Å². The van der Waals surface area contributed by atoms with Crippen LogP contribution in [0, 0.1) is 0 Å². The van der Waals surface area contributed by atoms with Gasteiger partial charge < -0.3 is 4.90 Å². The number of carbonyl (C=O) groups is 1. The van der Waals surface area contributed by atoms with Crippen molar-refractivity contribution in [2.75, 3.05) is 13.1 Å². The van der Waals surface area contributed by atoms with Gasteiger partial charge in [-0.2, -0.15) is 0 Å². The Morgan fingerprint density at radius 2 is 1.58 bits per heavy atom. The van der Waals surface area contributed by atoms with E-state index in [2.05, 4.69) is 45.0 Å². The van der Waals surface area contributed by atoms with Crippen LogP contribution in [0.1, 0.15) is 58.6 Å². The molecule has 0 fully saturated rings. The van der Waals surface area contributed by atoms with Crippen LogP contribution in [0.15, 0.2) is 24.3 Å². The predicted molar refractivity (Wildman–Crippen MR) is 81.5 cm³/mol. The Labute approximate surface area is 117 Å². The summed E-state index contributed by atoms with van der Waals surface area (Å²) in [4.78, 5) is 14.2. The van der Waals surface area contributed by atoms with E-state index in [9.17, 15) is 4.79 Å². The van der Waals surface area contributed by atoms with Crippen LogP contribution in [0.3, 0.4) is 0 Å². The average Bonchev–Trinajstić information content (AvgIpc) is 2.38. The SMILES string of the molecule is CCN(CC)C(=O)C(C)c1ccc(C(C)(C)C)cc1. The molecule has 0 radical (unpaired) electrons. The second-order valence-electron chi connectivity index (χ2n) is 6.10. The van der Waals surface area contributed by atoms with Crippen molar-refractivity contribution in [1.82, 2.24) is 4.90 Å². The van der Waals surface area contributed by atoms with Crippen LogP contribution in [-0.2, 0) is 10.2 Å². The number of hydrogen-bond acceptors (Lipinski definition) is 1. The quantitative estimate of drug-likeness (QED) is 0.803. The van der Waals surface area contributed by atoms with Gasteiger partial charge >= 0.3 is 0 Å². The fourth-order valence-electron chi connectivity index (χ4n) is 2.22. The Bertz CT molecular complexity index is 410. The van der Waals surface area contributed by atoms with Crippen molar-refractivity contribution in [3.63, 3.8) is 0 Å². The molecule has 0 aliphatic carbocycles. The number of benzene rings is 1. The molecule has 1 rings (SSSR count). The number of likely N-dealkylation sites (N-methyl/N-ethyl adjacent to an activating group) is 1. The van der Waals surface area contributed by atoms with Crippen LogP contribution in [-0.4, -0.2) is 23.9 Å². The third-order valence-electron chi connectivity index (χ3n) is 3.72. The fourth-order valence-corrected chi connectivity index (χ4v) is 2.22. The van der Waals surface area contributed by atoms with Crippen LogP contribution >= 0.6 is 0 Å². The van der Waals surface area contributed by atoms with Gasteiger partial charge in [-0.15, -0.1) is 0 Å². The summed E-state index contributed by atoms with van der Waals surface area (Å²) in [6.45, 7) is 14.2. The molecule has 2 nitrogen and oxygen atoms in total. The Morgan fingerprint density at radius 1 is 1.11 bits per heavy atom. The number of rotatable bonds is 4. The molecule has 0 bridgehead atoms. The van der Waals surface area contributed by atoms with Crippen molar-refractivity contribution in [2.24, 2.45) is 0 Å². The minimum Gasteiger partial charge on any atom is -0.343 e. The van der Waals surface area contributed by atoms with Gasteiger partial charge in [-0.25, -0.2) is 0 Å². The number of amides is 1. The predicted octanol–water partition coefficient (Wildman–Crippen LogP) is 3.96. The van der Waals surface area contributed by atoms with Crippen LogP contribution in [0.25, 0.3) is 0 Å². The molecule has 1 amide bonds. The van der Waals surface area contributed by atoms with Gasteiger partial charge in [-0.3, -0.25) is 4.79 Å². The van der Waals surface area contributed by atoms with Gasteiger partial charge in [0.2, 0.25) is 5.91 Å². The van der Waals surface area contributed by atoms with Gasteiger partial charge in [0.25, 0.3) is 0 Å². The molecule has 1 atom stereocenters. The summed E-state index contributed by atoms with van der Waals surface area (Å²) < 4.78 is 0. The van der Waals surface area contributed by atoms with Gasteiger partial charge in [0.05, 0.1) is 5.92 Å². The third-order valence-corrected chi connectivity index (χ3v) is 3.72. The first kappa shape index (κ1) is 15.7. The zero-order valence-corrected chi connectivity index (χ0v) is 13.2. The second kappa shape index (κ2) is 6.23. The lowest BCUT2D eigenvalue weighted by atomic mass is 9.85. The summed E-state index contributed by atoms with van der Waals surface area (Å²) in [7, 11) is 0. The maximum absolute atomic E-state index is 12.3. The van der Waals surface area contributed by atoms with E-state index in [0.717, 1.165) is 18.7 Å². The van der Waals surface area contributed by atoms with Gasteiger partial charge in [0.15, 0.2) is 0 Å². The molecular weight excluding hydrogens is 234 g/mol. The van der Waals surface area contributed by atoms with Gasteiger partial charge in [-0.1, -0.05) is 45.0 Å². The molecule has 0 aliphatic rings. The van der Waals surface area contributed by atoms with Crippen LogP contribution < -0.4 is 0 Å². The molecular formula is C17H27NO. The standard InChI is InChI=1S/C17H27NO/c1-7-18(8-2)16(19)13(3)14-9-11-15(12-10-14)17(4,5)6/h9-13H,7-8H2,1-6H3. The van der Waals surface area contributed by atoms with E-state index in [1.807, 2.05) is 25.7 Å². The number of nitrogens with zero attached hydrogens (tertiary/aromatic N) is 1. The van der Waals surface area contributed by atoms with Gasteiger partial charge in [0, 0.05) is 13.1 Å². The molecule has 0 spiro atoms. The van der Waals surface area contributed by atoms with Crippen molar-refractivity contribution < 1.29 is 4.79 Å². The van der Waals surface area contributed by atoms with E-state index in [1.165, 1.54) is 5.56 Å². The van der Waals surface area contributed by atoms with Crippen molar-refractivity contribution in [3.05, 3.63) is 35.4 Å². The number of carbonyl (C=O) groups excluding carboxylic acids is 1. The van der Waals surface area contributed by atoms with Crippen molar-refractivity contribution in [2.45, 2.75) is 52.9 Å². The highest BCUT2D eigenvalue weighted by Gasteiger charge is 2.20. The highest BCUT2D eigenvalue weighted by Crippen LogP contribution is 2.25. The van der Waals surface area contributed by atoms with E-state index in [-0.39, 0.29) is 17.2 Å². The fraction of sp³-hybridized carbons (Fsp3) is 0.588. The first-order valence-corrected chi connectivity index (χ1v) is 7.20. The lowest BCUT2D eigenvalue weighted by molar-refractivity contribution is -0.132. The van der Waals surface area contributed by atoms with E-state index in [4.69, 9.17) is 0 Å². The second-order valence-corrected chi connectivity index (χ2v) is 6.10. The zero-order chi connectivity index (χ0) is 14.6. The van der Waals surface area contributed by atoms with Crippen molar-refractivity contribution in [3.8, 4) is 0 Å². The topological polar surface area (TPSA) is 20.3 Å². The smallest absolute Gasteiger partial charge is 0.229 e. The molecule has 106 valence electrons. The lowest BCUT2D eigenvalue weighted by Crippen LogP contribution is -2.33. The zero-order valence-electron chi connectivity index (χ0n) is 13.2. The molecule has 0 heterocycles. The summed E-state index contributed by atoms with van der Waals surface area (Å²) in [6.07, 6.45) is 0. The molecule has 1 unspecified atom stereocenters. The largest absolute Gasteiger partial charge is 0.343 e. The minimum atomic E-state index is -0.0612. The van der Waals surface area contributed by atoms with E-state index >= 15 is 0 Å². The molecule has 0 saturated heterocycles. The Morgan fingerprint density at radius 3 is 1.95 bits per heavy atom. The molecule has 0 aromatic heterocycles. The average molecular weight is 261 g/mol. The first-order valence-electron chi connectivity index (χ1n) is 7.20. The minimum absolute atomic E-state index is 0.0612. The van der Waals surface area contributed by atoms with Gasteiger partial charge in [0.1, 0.15) is 0 Å². The molecule has 19 heavy (non-hydrogen) atoms. The molecule has 0 N–H and O–H groups in total. The van der Waals surface area contributed by atoms with E-state index in [0.29, 0.717) is 0 Å². The van der Waals surface area contributed by atoms with Crippen molar-refractivity contribution in [1.29, 1.82) is 0 Å². The van der Waals surface area contributed by atoms with E-state index < -0.39 is 0 Å². The summed E-state index contributed by atoms with van der Waals surface area (Å²) in [5.41, 5.74) is 2.56. The van der Waals surface area contributed by atoms with Crippen LogP contribution in [0.2, 0.25) is 0 Å². The summed E-state index contributed by atoms with van der Waals surface area (Å²) in [5.74, 6) is 0.155. The first-order chi connectivity index (χ1) is 8.81. The molecule has 2 heteroatoms. The maximum Gasteiger partial charge on any atom is 0.229 e. The van der Waals surface area contributed by atoms with Crippen molar-refractivity contribution >= 4 is 5.91 Å². The third kappa shape index (κ3) is 3.82. The maximum atomic E-state index is 12.3. The Hall–Kier alpha value is -1.31. The van der Waals surface area contributed by atoms with E-state index in [1.54, 1.807) is 0 Å².